The zero-order chi connectivity index (χ0) is 8.91. The summed E-state index contributed by atoms with van der Waals surface area (Å²) in [5.74, 6) is 1.30. The van der Waals surface area contributed by atoms with Gasteiger partial charge in [0.2, 0.25) is 0 Å². The molecule has 0 aliphatic heterocycles. The first-order valence-electron chi connectivity index (χ1n) is 4.59. The number of hydrogen-bond acceptors (Lipinski definition) is 1. The molecule has 0 rings (SSSR count). The zero-order valence-electron chi connectivity index (χ0n) is 8.61. The lowest BCUT2D eigenvalue weighted by molar-refractivity contribution is 0.382. The van der Waals surface area contributed by atoms with Crippen molar-refractivity contribution in [3.05, 3.63) is 0 Å². The van der Waals surface area contributed by atoms with Crippen LogP contribution in [0, 0.1) is 5.41 Å². The largest absolute Gasteiger partial charge is 0.159 e. The summed E-state index contributed by atoms with van der Waals surface area (Å²) in [6.07, 6.45) is 2.67. The molecular formula is C10H22S. The molecule has 0 nitrogen and oxygen atoms in total. The molecule has 0 atom stereocenters. The maximum atomic E-state index is 2.37. The van der Waals surface area contributed by atoms with Gasteiger partial charge in [0.25, 0.3) is 0 Å². The predicted octanol–water partition coefficient (Wildman–Crippen LogP) is 3.95. The molecule has 0 aliphatic carbocycles. The average molecular weight is 174 g/mol. The Kier molecular flexibility index (Phi) is 5.24. The predicted molar refractivity (Wildman–Crippen MR) is 56.3 cm³/mol. The molecule has 0 aromatic rings. The van der Waals surface area contributed by atoms with E-state index >= 15 is 0 Å². The fraction of sp³-hybridized carbons (Fsp3) is 1.00. The Morgan fingerprint density at radius 3 is 2.18 bits per heavy atom. The molecule has 0 spiro atoms. The molecule has 0 bridgehead atoms. The molecule has 0 amide bonds. The van der Waals surface area contributed by atoms with Gasteiger partial charge >= 0.3 is 0 Å². The number of rotatable bonds is 5. The van der Waals surface area contributed by atoms with Gasteiger partial charge in [0.1, 0.15) is 0 Å². The normalized spacial score (nSPS) is 12.5. The van der Waals surface area contributed by atoms with E-state index in [0.717, 1.165) is 5.25 Å². The van der Waals surface area contributed by atoms with Gasteiger partial charge in [0.05, 0.1) is 0 Å². The Morgan fingerprint density at radius 1 is 1.27 bits per heavy atom. The minimum atomic E-state index is 0.545. The lowest BCUT2D eigenvalue weighted by Crippen LogP contribution is -2.15. The van der Waals surface area contributed by atoms with Crippen molar-refractivity contribution in [2.45, 2.75) is 52.7 Å². The van der Waals surface area contributed by atoms with Crippen molar-refractivity contribution >= 4 is 11.8 Å². The minimum absolute atomic E-state index is 0.545. The van der Waals surface area contributed by atoms with Gasteiger partial charge in [-0.3, -0.25) is 0 Å². The molecule has 0 aromatic carbocycles. The second kappa shape index (κ2) is 5.08. The van der Waals surface area contributed by atoms with Crippen molar-refractivity contribution in [1.29, 1.82) is 0 Å². The number of thioether (sulfide) groups is 1. The van der Waals surface area contributed by atoms with E-state index in [9.17, 15) is 0 Å². The van der Waals surface area contributed by atoms with Gasteiger partial charge in [-0.05, 0) is 22.8 Å². The molecule has 0 aromatic heterocycles. The molecule has 0 heterocycles. The Labute approximate surface area is 76.1 Å². The molecule has 0 fully saturated rings. The van der Waals surface area contributed by atoms with Crippen LogP contribution in [-0.2, 0) is 0 Å². The van der Waals surface area contributed by atoms with Crippen LogP contribution in [0.25, 0.3) is 0 Å². The van der Waals surface area contributed by atoms with Crippen molar-refractivity contribution in [3.8, 4) is 0 Å². The zero-order valence-corrected chi connectivity index (χ0v) is 9.42. The third-order valence-electron chi connectivity index (χ3n) is 1.73. The van der Waals surface area contributed by atoms with E-state index in [-0.39, 0.29) is 0 Å². The fourth-order valence-corrected chi connectivity index (χ4v) is 2.07. The first kappa shape index (κ1) is 11.4. The van der Waals surface area contributed by atoms with E-state index in [1.807, 2.05) is 0 Å². The Morgan fingerprint density at radius 2 is 1.82 bits per heavy atom. The SMILES string of the molecule is CCCC(C)(C)CSC(C)C. The van der Waals surface area contributed by atoms with Crippen LogP contribution in [0.5, 0.6) is 0 Å². The van der Waals surface area contributed by atoms with E-state index in [4.69, 9.17) is 0 Å². The summed E-state index contributed by atoms with van der Waals surface area (Å²) in [7, 11) is 0. The van der Waals surface area contributed by atoms with E-state index in [2.05, 4.69) is 46.4 Å². The van der Waals surface area contributed by atoms with Crippen molar-refractivity contribution < 1.29 is 0 Å². The van der Waals surface area contributed by atoms with Gasteiger partial charge in [0.15, 0.2) is 0 Å². The Balaban J connectivity index is 3.54. The summed E-state index contributed by atoms with van der Waals surface area (Å²) in [5.41, 5.74) is 0.545. The van der Waals surface area contributed by atoms with E-state index < -0.39 is 0 Å². The monoisotopic (exact) mass is 174 g/mol. The van der Waals surface area contributed by atoms with Crippen molar-refractivity contribution in [1.82, 2.24) is 0 Å². The van der Waals surface area contributed by atoms with Crippen molar-refractivity contribution in [2.75, 3.05) is 5.75 Å². The van der Waals surface area contributed by atoms with Gasteiger partial charge in [-0.25, -0.2) is 0 Å². The highest BCUT2D eigenvalue weighted by Crippen LogP contribution is 2.28. The average Bonchev–Trinajstić information content (AvgIpc) is 1.84. The van der Waals surface area contributed by atoms with Crippen LogP contribution in [0.15, 0.2) is 0 Å². The highest BCUT2D eigenvalue weighted by atomic mass is 32.2. The van der Waals surface area contributed by atoms with Crippen LogP contribution in [-0.4, -0.2) is 11.0 Å². The van der Waals surface area contributed by atoms with Crippen LogP contribution in [0.4, 0.5) is 0 Å². The fourth-order valence-electron chi connectivity index (χ4n) is 1.14. The molecule has 11 heavy (non-hydrogen) atoms. The second-order valence-electron chi connectivity index (χ2n) is 4.27. The summed E-state index contributed by atoms with van der Waals surface area (Å²) in [6, 6.07) is 0. The summed E-state index contributed by atoms with van der Waals surface area (Å²) in [6.45, 7) is 11.5. The molecule has 0 unspecified atom stereocenters. The van der Waals surface area contributed by atoms with Gasteiger partial charge in [-0.1, -0.05) is 41.0 Å². The molecule has 0 saturated heterocycles. The maximum absolute atomic E-state index is 2.37. The van der Waals surface area contributed by atoms with Crippen LogP contribution in [0.3, 0.4) is 0 Å². The maximum Gasteiger partial charge on any atom is -0.000948 e. The molecule has 1 heteroatoms. The third-order valence-corrected chi connectivity index (χ3v) is 3.35. The quantitative estimate of drug-likeness (QED) is 0.608. The Hall–Kier alpha value is 0.350. The minimum Gasteiger partial charge on any atom is -0.159 e. The summed E-state index contributed by atoms with van der Waals surface area (Å²) >= 11 is 2.08. The van der Waals surface area contributed by atoms with Gasteiger partial charge in [-0.2, -0.15) is 11.8 Å². The topological polar surface area (TPSA) is 0 Å². The molecule has 0 saturated carbocycles. The van der Waals surface area contributed by atoms with E-state index in [0.29, 0.717) is 5.41 Å². The summed E-state index contributed by atoms with van der Waals surface area (Å²) in [5, 5.41) is 0.783. The van der Waals surface area contributed by atoms with Crippen LogP contribution >= 0.6 is 11.8 Å². The number of hydrogen-bond donors (Lipinski definition) is 0. The van der Waals surface area contributed by atoms with E-state index in [1.165, 1.54) is 18.6 Å². The first-order chi connectivity index (χ1) is 4.98. The summed E-state index contributed by atoms with van der Waals surface area (Å²) in [4.78, 5) is 0. The molecule has 0 aliphatic rings. The Bertz CT molecular complexity index is 95.0. The highest BCUT2D eigenvalue weighted by molar-refractivity contribution is 7.99. The van der Waals surface area contributed by atoms with Gasteiger partial charge in [0, 0.05) is 0 Å². The molecule has 68 valence electrons. The van der Waals surface area contributed by atoms with Crippen molar-refractivity contribution in [2.24, 2.45) is 5.41 Å². The smallest absolute Gasteiger partial charge is 0.000948 e. The highest BCUT2D eigenvalue weighted by Gasteiger charge is 2.16. The van der Waals surface area contributed by atoms with Gasteiger partial charge in [-0.15, -0.1) is 0 Å². The molecule has 0 N–H and O–H groups in total. The lowest BCUT2D eigenvalue weighted by atomic mass is 9.91. The second-order valence-corrected chi connectivity index (χ2v) is 5.84. The van der Waals surface area contributed by atoms with E-state index in [1.54, 1.807) is 0 Å². The first-order valence-corrected chi connectivity index (χ1v) is 5.64. The van der Waals surface area contributed by atoms with Crippen LogP contribution < -0.4 is 0 Å². The molecule has 0 radical (unpaired) electrons. The van der Waals surface area contributed by atoms with Crippen LogP contribution in [0.2, 0.25) is 0 Å². The van der Waals surface area contributed by atoms with Crippen molar-refractivity contribution in [3.63, 3.8) is 0 Å². The summed E-state index contributed by atoms with van der Waals surface area (Å²) < 4.78 is 0. The molecular weight excluding hydrogens is 152 g/mol. The van der Waals surface area contributed by atoms with Gasteiger partial charge < -0.3 is 0 Å². The standard InChI is InChI=1S/C10H22S/c1-6-7-10(4,5)8-11-9(2)3/h9H,6-8H2,1-5H3. The third kappa shape index (κ3) is 6.74. The van der Waals surface area contributed by atoms with Crippen LogP contribution in [0.1, 0.15) is 47.5 Å². The lowest BCUT2D eigenvalue weighted by Gasteiger charge is -2.24.